The molecule has 1 atom stereocenters. The van der Waals surface area contributed by atoms with Gasteiger partial charge in [0.15, 0.2) is 0 Å². The molecule has 186 valence electrons. The van der Waals surface area contributed by atoms with Crippen molar-refractivity contribution in [3.8, 4) is 11.1 Å². The fraction of sp³-hybridized carbons (Fsp3) is 0.444. The number of carbonyl (C=O) groups is 3. The second kappa shape index (κ2) is 10.9. The van der Waals surface area contributed by atoms with Gasteiger partial charge in [0.1, 0.15) is 12.7 Å². The second-order valence-electron chi connectivity index (χ2n) is 9.28. The molecule has 0 heterocycles. The Hall–Kier alpha value is -3.39. The van der Waals surface area contributed by atoms with Crippen molar-refractivity contribution in [3.63, 3.8) is 0 Å². The van der Waals surface area contributed by atoms with Gasteiger partial charge in [-0.2, -0.15) is 0 Å². The molecule has 2 amide bonds. The van der Waals surface area contributed by atoms with Gasteiger partial charge in [0, 0.05) is 32.5 Å². The van der Waals surface area contributed by atoms with E-state index in [0.29, 0.717) is 12.8 Å². The minimum atomic E-state index is -0.895. The average molecular weight is 481 g/mol. The van der Waals surface area contributed by atoms with Gasteiger partial charge in [-0.05, 0) is 35.1 Å². The van der Waals surface area contributed by atoms with Gasteiger partial charge in [-0.1, -0.05) is 61.4 Å². The van der Waals surface area contributed by atoms with Crippen LogP contribution < -0.4 is 10.6 Å². The highest BCUT2D eigenvalue weighted by atomic mass is 16.5. The first-order valence-corrected chi connectivity index (χ1v) is 12.1. The Morgan fingerprint density at radius 2 is 1.60 bits per heavy atom. The Bertz CT molecular complexity index is 1030. The van der Waals surface area contributed by atoms with Crippen LogP contribution in [0.1, 0.15) is 49.1 Å². The van der Waals surface area contributed by atoms with Gasteiger partial charge in [-0.15, -0.1) is 0 Å². The molecule has 8 nitrogen and oxygen atoms in total. The first-order chi connectivity index (χ1) is 16.9. The van der Waals surface area contributed by atoms with E-state index in [9.17, 15) is 19.5 Å². The lowest BCUT2D eigenvalue weighted by molar-refractivity contribution is -0.149. The van der Waals surface area contributed by atoms with Crippen molar-refractivity contribution in [1.82, 2.24) is 10.6 Å². The number of carboxylic acids is 1. The van der Waals surface area contributed by atoms with Crippen molar-refractivity contribution in [2.24, 2.45) is 5.41 Å². The number of benzene rings is 2. The molecule has 0 aromatic heterocycles. The first-order valence-electron chi connectivity index (χ1n) is 12.1. The lowest BCUT2D eigenvalue weighted by Gasteiger charge is -2.25. The minimum Gasteiger partial charge on any atom is -0.481 e. The molecule has 0 radical (unpaired) electrons. The summed E-state index contributed by atoms with van der Waals surface area (Å²) in [5.41, 5.74) is 3.70. The van der Waals surface area contributed by atoms with Gasteiger partial charge in [0.25, 0.3) is 0 Å². The van der Waals surface area contributed by atoms with Crippen molar-refractivity contribution >= 4 is 18.0 Å². The normalized spacial score (nSPS) is 16.7. The van der Waals surface area contributed by atoms with E-state index in [2.05, 4.69) is 34.9 Å². The van der Waals surface area contributed by atoms with Gasteiger partial charge in [-0.25, -0.2) is 4.79 Å². The summed E-state index contributed by atoms with van der Waals surface area (Å²) in [6.07, 6.45) is 1.70. The fourth-order valence-corrected chi connectivity index (χ4v) is 5.20. The molecule has 0 spiro atoms. The Morgan fingerprint density at radius 1 is 1.00 bits per heavy atom. The Balaban J connectivity index is 1.24. The number of carbonyl (C=O) groups excluding carboxylic acids is 2. The molecule has 1 fully saturated rings. The zero-order chi connectivity index (χ0) is 24.8. The summed E-state index contributed by atoms with van der Waals surface area (Å²) in [5, 5.41) is 15.0. The number of aliphatic carboxylic acids is 1. The smallest absolute Gasteiger partial charge is 0.407 e. The third-order valence-electron chi connectivity index (χ3n) is 7.21. The highest BCUT2D eigenvalue weighted by Crippen LogP contribution is 2.44. The quantitative estimate of drug-likeness (QED) is 0.478. The van der Waals surface area contributed by atoms with E-state index in [4.69, 9.17) is 9.47 Å². The number of hydrogen-bond acceptors (Lipinski definition) is 5. The molecular formula is C27H32N2O6. The molecule has 0 saturated heterocycles. The van der Waals surface area contributed by atoms with Crippen LogP contribution in [0.2, 0.25) is 0 Å². The third-order valence-corrected chi connectivity index (χ3v) is 7.21. The summed E-state index contributed by atoms with van der Waals surface area (Å²) in [5.74, 6) is -1.28. The maximum atomic E-state index is 12.5. The van der Waals surface area contributed by atoms with Gasteiger partial charge < -0.3 is 25.2 Å². The Labute approximate surface area is 205 Å². The van der Waals surface area contributed by atoms with Crippen molar-refractivity contribution in [3.05, 3.63) is 59.7 Å². The third kappa shape index (κ3) is 5.32. The molecule has 2 aliphatic carbocycles. The van der Waals surface area contributed by atoms with Gasteiger partial charge in [0.05, 0.1) is 5.41 Å². The predicted octanol–water partition coefficient (Wildman–Crippen LogP) is 3.69. The molecule has 2 aliphatic rings. The van der Waals surface area contributed by atoms with Crippen molar-refractivity contribution < 1.29 is 29.0 Å². The van der Waals surface area contributed by atoms with Crippen LogP contribution >= 0.6 is 0 Å². The molecule has 3 N–H and O–H groups in total. The van der Waals surface area contributed by atoms with E-state index in [1.165, 1.54) is 7.11 Å². The van der Waals surface area contributed by atoms with E-state index < -0.39 is 23.6 Å². The highest BCUT2D eigenvalue weighted by Gasteiger charge is 2.41. The van der Waals surface area contributed by atoms with Crippen molar-refractivity contribution in [1.29, 1.82) is 0 Å². The molecule has 4 rings (SSSR count). The molecule has 2 aromatic rings. The van der Waals surface area contributed by atoms with Crippen molar-refractivity contribution in [2.45, 2.75) is 44.1 Å². The lowest BCUT2D eigenvalue weighted by Crippen LogP contribution is -2.45. The molecule has 0 aliphatic heterocycles. The van der Waals surface area contributed by atoms with Gasteiger partial charge >= 0.3 is 12.1 Å². The highest BCUT2D eigenvalue weighted by molar-refractivity contribution is 5.82. The van der Waals surface area contributed by atoms with Crippen LogP contribution in [0.4, 0.5) is 4.79 Å². The van der Waals surface area contributed by atoms with Crippen LogP contribution in [0, 0.1) is 5.41 Å². The molecule has 35 heavy (non-hydrogen) atoms. The van der Waals surface area contributed by atoms with E-state index in [0.717, 1.165) is 35.1 Å². The standard InChI is InChI=1S/C27H32N2O6/c1-34-23(24(30)29-17-27(25(31)32)13-6-7-14-27)12-15-28-26(33)35-16-22-20-10-4-2-8-18(20)19-9-3-5-11-21(19)22/h2-5,8-11,22-23H,6-7,12-17H2,1H3,(H,28,33)(H,29,30)(H,31,32). The van der Waals surface area contributed by atoms with Crippen LogP contribution in [0.25, 0.3) is 11.1 Å². The molecular weight excluding hydrogens is 448 g/mol. The number of alkyl carbamates (subject to hydrolysis) is 1. The van der Waals surface area contributed by atoms with Gasteiger partial charge in [-0.3, -0.25) is 9.59 Å². The van der Waals surface area contributed by atoms with Crippen LogP contribution in [-0.2, 0) is 19.1 Å². The minimum absolute atomic E-state index is 0.0252. The molecule has 2 aromatic carbocycles. The maximum Gasteiger partial charge on any atom is 0.407 e. The topological polar surface area (TPSA) is 114 Å². The average Bonchev–Trinajstić information content (AvgIpc) is 3.48. The van der Waals surface area contributed by atoms with E-state index >= 15 is 0 Å². The van der Waals surface area contributed by atoms with Crippen molar-refractivity contribution in [2.75, 3.05) is 26.8 Å². The summed E-state index contributed by atoms with van der Waals surface area (Å²) in [7, 11) is 1.42. The number of nitrogens with one attached hydrogen (secondary N) is 2. The van der Waals surface area contributed by atoms with E-state index in [1.807, 2.05) is 24.3 Å². The number of hydrogen-bond donors (Lipinski definition) is 3. The SMILES string of the molecule is COC(CCNC(=O)OCC1c2ccccc2-c2ccccc21)C(=O)NCC1(C(=O)O)CCCC1. The summed E-state index contributed by atoms with van der Waals surface area (Å²) in [6, 6.07) is 16.3. The zero-order valence-electron chi connectivity index (χ0n) is 19.9. The molecule has 1 saturated carbocycles. The Morgan fingerprint density at radius 3 is 2.17 bits per heavy atom. The summed E-state index contributed by atoms with van der Waals surface area (Å²) >= 11 is 0. The molecule has 1 unspecified atom stereocenters. The lowest BCUT2D eigenvalue weighted by atomic mass is 9.86. The molecule has 0 bridgehead atoms. The first kappa shape index (κ1) is 24.7. The van der Waals surface area contributed by atoms with E-state index in [-0.39, 0.29) is 37.9 Å². The summed E-state index contributed by atoms with van der Waals surface area (Å²) < 4.78 is 10.8. The van der Waals surface area contributed by atoms with Crippen LogP contribution in [-0.4, -0.2) is 56.0 Å². The van der Waals surface area contributed by atoms with Crippen LogP contribution in [0.3, 0.4) is 0 Å². The van der Waals surface area contributed by atoms with Gasteiger partial charge in [0.2, 0.25) is 5.91 Å². The summed E-state index contributed by atoms with van der Waals surface area (Å²) in [6.45, 7) is 0.485. The fourth-order valence-electron chi connectivity index (χ4n) is 5.20. The summed E-state index contributed by atoms with van der Waals surface area (Å²) in [4.78, 5) is 36.5. The number of ether oxygens (including phenoxy) is 2. The number of methoxy groups -OCH3 is 1. The maximum absolute atomic E-state index is 12.5. The number of fused-ring (bicyclic) bond motifs is 3. The Kier molecular flexibility index (Phi) is 7.70. The number of carboxylic acid groups (broad SMARTS) is 1. The van der Waals surface area contributed by atoms with E-state index in [1.54, 1.807) is 0 Å². The van der Waals surface area contributed by atoms with Crippen LogP contribution in [0.15, 0.2) is 48.5 Å². The van der Waals surface area contributed by atoms with Crippen LogP contribution in [0.5, 0.6) is 0 Å². The number of amides is 2. The zero-order valence-corrected chi connectivity index (χ0v) is 19.9. The predicted molar refractivity (Wildman–Crippen MR) is 130 cm³/mol. The number of rotatable bonds is 10. The second-order valence-corrected chi connectivity index (χ2v) is 9.28. The monoisotopic (exact) mass is 480 g/mol. The molecule has 8 heteroatoms. The largest absolute Gasteiger partial charge is 0.481 e.